The second-order valence-electron chi connectivity index (χ2n) is 8.45. The lowest BCUT2D eigenvalue weighted by atomic mass is 9.82. The van der Waals surface area contributed by atoms with Crippen LogP contribution in [-0.2, 0) is 4.65 Å². The molecule has 3 aromatic rings. The largest absolute Gasteiger partial charge is 0.427 e. The van der Waals surface area contributed by atoms with E-state index in [4.69, 9.17) is 4.65 Å². The van der Waals surface area contributed by atoms with Gasteiger partial charge in [0.25, 0.3) is 0 Å². The molecule has 29 heavy (non-hydrogen) atoms. The molecule has 0 radical (unpaired) electrons. The van der Waals surface area contributed by atoms with Crippen molar-refractivity contribution in [3.05, 3.63) is 72.2 Å². The van der Waals surface area contributed by atoms with Crippen molar-refractivity contribution >= 4 is 12.9 Å². The van der Waals surface area contributed by atoms with Gasteiger partial charge in [0.15, 0.2) is 0 Å². The van der Waals surface area contributed by atoms with Gasteiger partial charge >= 0.3 is 7.48 Å². The molecule has 5 heteroatoms. The van der Waals surface area contributed by atoms with Crippen molar-refractivity contribution in [2.24, 2.45) is 0 Å². The number of rotatable bonds is 6. The molecule has 0 unspecified atom stereocenters. The molecule has 3 rings (SSSR count). The molecule has 0 fully saturated rings. The predicted molar refractivity (Wildman–Crippen MR) is 118 cm³/mol. The summed E-state index contributed by atoms with van der Waals surface area (Å²) in [5.74, 6) is -0.244. The molecule has 0 saturated heterocycles. The van der Waals surface area contributed by atoms with Gasteiger partial charge < -0.3 is 9.76 Å². The van der Waals surface area contributed by atoms with Crippen molar-refractivity contribution in [3.8, 4) is 22.4 Å². The van der Waals surface area contributed by atoms with E-state index >= 15 is 0 Å². The normalized spacial score (nSPS) is 12.1. The first-order valence-corrected chi connectivity index (χ1v) is 9.75. The Bertz CT molecular complexity index is 977. The second-order valence-corrected chi connectivity index (χ2v) is 8.45. The van der Waals surface area contributed by atoms with Crippen LogP contribution in [0.2, 0.25) is 0 Å². The van der Waals surface area contributed by atoms with Crippen LogP contribution >= 0.6 is 0 Å². The molecule has 1 heterocycles. The van der Waals surface area contributed by atoms with Crippen LogP contribution in [0.25, 0.3) is 22.4 Å². The number of halogens is 1. The number of benzene rings is 2. The monoisotopic (exact) mass is 391 g/mol. The van der Waals surface area contributed by atoms with E-state index in [2.05, 4.69) is 4.98 Å². The van der Waals surface area contributed by atoms with E-state index in [1.165, 1.54) is 12.1 Å². The van der Waals surface area contributed by atoms with E-state index in [1.54, 1.807) is 26.0 Å². The van der Waals surface area contributed by atoms with Gasteiger partial charge in [-0.05, 0) is 63.9 Å². The lowest BCUT2D eigenvalue weighted by Gasteiger charge is -2.37. The lowest BCUT2D eigenvalue weighted by molar-refractivity contribution is -0.0893. The third kappa shape index (κ3) is 4.92. The van der Waals surface area contributed by atoms with Crippen LogP contribution < -0.4 is 5.46 Å². The van der Waals surface area contributed by atoms with E-state index in [1.807, 2.05) is 57.3 Å². The number of aryl methyl sites for hydroxylation is 1. The lowest BCUT2D eigenvalue weighted by Crippen LogP contribution is -2.49. The maximum absolute atomic E-state index is 13.2. The maximum Gasteiger partial charge on any atom is 0.309 e. The summed E-state index contributed by atoms with van der Waals surface area (Å²) in [5, 5.41) is 10.2. The number of hydrogen-bond acceptors (Lipinski definition) is 3. The third-order valence-electron chi connectivity index (χ3n) is 5.59. The van der Waals surface area contributed by atoms with Gasteiger partial charge in [-0.25, -0.2) is 4.39 Å². The summed E-state index contributed by atoms with van der Waals surface area (Å²) in [4.78, 5) is 4.60. The van der Waals surface area contributed by atoms with Crippen molar-refractivity contribution in [1.29, 1.82) is 0 Å². The standard InChI is InChI=1S/C24H27BFNO2/c1-16-14-22(27-15-21(16)17-8-12-20(26)13-9-17)18-6-10-19(11-7-18)25-29-24(4,5)23(2,3)28/h6-15,25,28H,1-5H3. The minimum atomic E-state index is -0.930. The predicted octanol–water partition coefficient (Wildman–Crippen LogP) is 4.41. The molecule has 3 nitrogen and oxygen atoms in total. The number of aromatic nitrogens is 1. The zero-order chi connectivity index (χ0) is 21.2. The fourth-order valence-electron chi connectivity index (χ4n) is 2.86. The van der Waals surface area contributed by atoms with E-state index in [9.17, 15) is 9.50 Å². The van der Waals surface area contributed by atoms with Crippen molar-refractivity contribution in [2.45, 2.75) is 45.8 Å². The van der Waals surface area contributed by atoms with Crippen LogP contribution in [0.5, 0.6) is 0 Å². The first-order chi connectivity index (χ1) is 13.6. The Morgan fingerprint density at radius 2 is 1.52 bits per heavy atom. The van der Waals surface area contributed by atoms with Crippen molar-refractivity contribution in [3.63, 3.8) is 0 Å². The minimum absolute atomic E-state index is 0.244. The van der Waals surface area contributed by atoms with Crippen molar-refractivity contribution in [1.82, 2.24) is 4.98 Å². The fourth-order valence-corrected chi connectivity index (χ4v) is 2.86. The molecule has 0 atom stereocenters. The maximum atomic E-state index is 13.2. The second kappa shape index (κ2) is 8.09. The topological polar surface area (TPSA) is 42.4 Å². The van der Waals surface area contributed by atoms with Crippen LogP contribution in [0.3, 0.4) is 0 Å². The van der Waals surface area contributed by atoms with Gasteiger partial charge in [0, 0.05) is 17.3 Å². The fraction of sp³-hybridized carbons (Fsp3) is 0.292. The zero-order valence-corrected chi connectivity index (χ0v) is 17.7. The Morgan fingerprint density at radius 1 is 0.931 bits per heavy atom. The van der Waals surface area contributed by atoms with Gasteiger partial charge in [0.1, 0.15) is 5.82 Å². The highest BCUT2D eigenvalue weighted by Crippen LogP contribution is 2.27. The van der Waals surface area contributed by atoms with Gasteiger partial charge in [0.05, 0.1) is 16.9 Å². The van der Waals surface area contributed by atoms with Gasteiger partial charge in [-0.2, -0.15) is 0 Å². The summed E-state index contributed by atoms with van der Waals surface area (Å²) in [7, 11) is 0.424. The number of nitrogens with zero attached hydrogens (tertiary/aromatic N) is 1. The SMILES string of the molecule is Cc1cc(-c2ccc(BOC(C)(C)C(C)(C)O)cc2)ncc1-c1ccc(F)cc1. The van der Waals surface area contributed by atoms with Crippen molar-refractivity contribution < 1.29 is 14.2 Å². The average Bonchev–Trinajstić information content (AvgIpc) is 2.67. The first-order valence-electron chi connectivity index (χ1n) is 9.75. The summed E-state index contributed by atoms with van der Waals surface area (Å²) in [5.41, 5.74) is 4.38. The molecule has 0 aliphatic carbocycles. The van der Waals surface area contributed by atoms with E-state index in [-0.39, 0.29) is 5.82 Å². The highest BCUT2D eigenvalue weighted by atomic mass is 19.1. The molecule has 0 spiro atoms. The minimum Gasteiger partial charge on any atom is -0.427 e. The molecular formula is C24H27BFNO2. The quantitative estimate of drug-likeness (QED) is 0.633. The van der Waals surface area contributed by atoms with Gasteiger partial charge in [-0.1, -0.05) is 41.9 Å². The number of pyridine rings is 1. The Balaban J connectivity index is 1.75. The van der Waals surface area contributed by atoms with Crippen LogP contribution in [0, 0.1) is 12.7 Å². The van der Waals surface area contributed by atoms with Gasteiger partial charge in [-0.3, -0.25) is 4.98 Å². The Kier molecular flexibility index (Phi) is 5.92. The van der Waals surface area contributed by atoms with E-state index < -0.39 is 11.2 Å². The summed E-state index contributed by atoms with van der Waals surface area (Å²) in [6, 6.07) is 16.6. The molecule has 0 amide bonds. The highest BCUT2D eigenvalue weighted by molar-refractivity contribution is 6.47. The molecule has 0 bridgehead atoms. The molecule has 0 aliphatic heterocycles. The van der Waals surface area contributed by atoms with E-state index in [0.717, 1.165) is 33.4 Å². The molecular weight excluding hydrogens is 364 g/mol. The molecule has 0 saturated carbocycles. The molecule has 2 aromatic carbocycles. The Labute approximate surface area is 172 Å². The summed E-state index contributed by atoms with van der Waals surface area (Å²) in [6.07, 6.45) is 1.83. The van der Waals surface area contributed by atoms with Crippen LogP contribution in [0.4, 0.5) is 4.39 Å². The van der Waals surface area contributed by atoms with Crippen LogP contribution in [0.15, 0.2) is 60.8 Å². The molecule has 1 aromatic heterocycles. The highest BCUT2D eigenvalue weighted by Gasteiger charge is 2.35. The van der Waals surface area contributed by atoms with Gasteiger partial charge in [-0.15, -0.1) is 0 Å². The summed E-state index contributed by atoms with van der Waals surface area (Å²) >= 11 is 0. The summed E-state index contributed by atoms with van der Waals surface area (Å²) in [6.45, 7) is 9.30. The smallest absolute Gasteiger partial charge is 0.309 e. The van der Waals surface area contributed by atoms with Crippen molar-refractivity contribution in [2.75, 3.05) is 0 Å². The average molecular weight is 391 g/mol. The summed E-state index contributed by atoms with van der Waals surface area (Å²) < 4.78 is 19.1. The van der Waals surface area contributed by atoms with Gasteiger partial charge in [0.2, 0.25) is 0 Å². The number of hydrogen-bond donors (Lipinski definition) is 1. The molecule has 0 aliphatic rings. The third-order valence-corrected chi connectivity index (χ3v) is 5.59. The zero-order valence-electron chi connectivity index (χ0n) is 17.7. The molecule has 150 valence electrons. The van der Waals surface area contributed by atoms with E-state index in [0.29, 0.717) is 7.48 Å². The van der Waals surface area contributed by atoms with Crippen LogP contribution in [0.1, 0.15) is 33.3 Å². The number of aliphatic hydroxyl groups is 1. The first kappa shape index (κ1) is 21.2. The molecule has 1 N–H and O–H groups in total. The Morgan fingerprint density at radius 3 is 2.07 bits per heavy atom. The Hall–Kier alpha value is -2.50. The van der Waals surface area contributed by atoms with Crippen LogP contribution in [-0.4, -0.2) is 28.8 Å².